The number of carbonyl (C=O) groups is 1. The summed E-state index contributed by atoms with van der Waals surface area (Å²) >= 11 is 5.75. The molecule has 0 bridgehead atoms. The summed E-state index contributed by atoms with van der Waals surface area (Å²) in [5.41, 5.74) is 3.04. The summed E-state index contributed by atoms with van der Waals surface area (Å²) in [6.45, 7) is 13.3. The lowest BCUT2D eigenvalue weighted by atomic mass is 10.3. The zero-order valence-corrected chi connectivity index (χ0v) is 20.8. The van der Waals surface area contributed by atoms with Gasteiger partial charge in [-0.2, -0.15) is 35.3 Å². The predicted octanol–water partition coefficient (Wildman–Crippen LogP) is 1.35. The molecule has 1 aliphatic rings. The fourth-order valence-electron chi connectivity index (χ4n) is 3.20. The Bertz CT molecular complexity index is 382. The Morgan fingerprint density at radius 1 is 0.679 bits per heavy atom. The van der Waals surface area contributed by atoms with E-state index in [0.717, 1.165) is 77.0 Å². The highest BCUT2D eigenvalue weighted by molar-refractivity contribution is 7.99. The normalized spacial score (nSPS) is 19.9. The van der Waals surface area contributed by atoms with Gasteiger partial charge in [0.1, 0.15) is 0 Å². The monoisotopic (exact) mass is 451 g/mol. The molecular weight excluding hydrogens is 410 g/mol. The number of hydrazine groups is 1. The maximum Gasteiger partial charge on any atom is 0.231 e. The third kappa shape index (κ3) is 12.8. The van der Waals surface area contributed by atoms with Gasteiger partial charge in [0.15, 0.2) is 0 Å². The van der Waals surface area contributed by atoms with E-state index >= 15 is 0 Å². The molecule has 0 aromatic heterocycles. The van der Waals surface area contributed by atoms with Crippen LogP contribution in [0.3, 0.4) is 0 Å². The number of hydrogen-bond acceptors (Lipinski definition) is 8. The smallest absolute Gasteiger partial charge is 0.231 e. The van der Waals surface area contributed by atoms with Gasteiger partial charge in [0.05, 0.1) is 0 Å². The second kappa shape index (κ2) is 17.1. The van der Waals surface area contributed by atoms with Crippen LogP contribution in [0, 0.1) is 0 Å². The van der Waals surface area contributed by atoms with Crippen molar-refractivity contribution in [3.05, 3.63) is 0 Å². The highest BCUT2D eigenvalue weighted by Gasteiger charge is 2.16. The maximum absolute atomic E-state index is 11.6. The van der Waals surface area contributed by atoms with E-state index < -0.39 is 0 Å². The first kappa shape index (κ1) is 26.4. The van der Waals surface area contributed by atoms with Crippen LogP contribution < -0.4 is 5.43 Å². The van der Waals surface area contributed by atoms with Gasteiger partial charge in [-0.05, 0) is 18.8 Å². The van der Waals surface area contributed by atoms with Crippen molar-refractivity contribution in [2.24, 2.45) is 0 Å². The number of nitrogens with one attached hydrogen (secondary N) is 1. The molecule has 1 fully saturated rings. The van der Waals surface area contributed by atoms with E-state index in [-0.39, 0.29) is 5.91 Å². The summed E-state index contributed by atoms with van der Waals surface area (Å²) in [4.78, 5) is 19.4. The third-order valence-electron chi connectivity index (χ3n) is 4.99. The highest BCUT2D eigenvalue weighted by atomic mass is 32.2. The molecule has 28 heavy (non-hydrogen) atoms. The van der Waals surface area contributed by atoms with Gasteiger partial charge in [0, 0.05) is 96.2 Å². The van der Waals surface area contributed by atoms with E-state index in [1.807, 2.05) is 35.3 Å². The van der Waals surface area contributed by atoms with Crippen LogP contribution in [0.5, 0.6) is 0 Å². The Morgan fingerprint density at radius 2 is 1.00 bits per heavy atom. The van der Waals surface area contributed by atoms with Crippen LogP contribution in [0.25, 0.3) is 0 Å². The molecule has 9 heteroatoms. The van der Waals surface area contributed by atoms with Crippen molar-refractivity contribution in [2.75, 3.05) is 108 Å². The van der Waals surface area contributed by atoms with E-state index in [0.29, 0.717) is 0 Å². The van der Waals surface area contributed by atoms with Gasteiger partial charge in [-0.15, -0.1) is 0 Å². The van der Waals surface area contributed by atoms with Gasteiger partial charge in [0.2, 0.25) is 5.91 Å². The number of amides is 1. The topological polar surface area (TPSA) is 42.1 Å². The lowest BCUT2D eigenvalue weighted by Gasteiger charge is -2.34. The summed E-state index contributed by atoms with van der Waals surface area (Å²) in [7, 11) is 0. The Morgan fingerprint density at radius 3 is 1.29 bits per heavy atom. The number of carbonyl (C=O) groups excluding carboxylic acids is 1. The number of nitrogens with zero attached hydrogens (tertiary/aromatic N) is 4. The lowest BCUT2D eigenvalue weighted by molar-refractivity contribution is -0.124. The zero-order valence-electron chi connectivity index (χ0n) is 18.3. The summed E-state index contributed by atoms with van der Waals surface area (Å²) in [5.74, 6) is 3.55. The van der Waals surface area contributed by atoms with E-state index in [1.165, 1.54) is 12.3 Å². The minimum absolute atomic E-state index is 0.0293. The quantitative estimate of drug-likeness (QED) is 0.534. The summed E-state index contributed by atoms with van der Waals surface area (Å²) in [5, 5.41) is 2.12. The molecule has 0 aromatic rings. The standard InChI is InChI=1S/C19H41N5OS3/c1-19(25)20-24-11-9-22(14-17-27-3)7-5-21(13-16-26-2)6-8-23(10-12-24)15-18-28-4/h5-18H2,1-4H3,(H,20,25). The van der Waals surface area contributed by atoms with E-state index in [4.69, 9.17) is 0 Å². The molecule has 0 saturated carbocycles. The number of hydrogen-bond donors (Lipinski definition) is 1. The van der Waals surface area contributed by atoms with E-state index in [2.05, 4.69) is 43.9 Å². The second-order valence-electron chi connectivity index (χ2n) is 7.16. The molecule has 0 unspecified atom stereocenters. The molecular formula is C19H41N5OS3. The molecule has 0 radical (unpaired) electrons. The molecule has 1 saturated heterocycles. The van der Waals surface area contributed by atoms with Crippen molar-refractivity contribution >= 4 is 41.2 Å². The van der Waals surface area contributed by atoms with Crippen LogP contribution >= 0.6 is 35.3 Å². The fourth-order valence-corrected chi connectivity index (χ4v) is 4.53. The van der Waals surface area contributed by atoms with Crippen LogP contribution in [0.4, 0.5) is 0 Å². The minimum Gasteiger partial charge on any atom is -0.300 e. The largest absolute Gasteiger partial charge is 0.300 e. The first-order valence-corrected chi connectivity index (χ1v) is 14.4. The first-order chi connectivity index (χ1) is 13.6. The number of rotatable bonds is 10. The zero-order chi connectivity index (χ0) is 20.6. The minimum atomic E-state index is 0.0293. The van der Waals surface area contributed by atoms with Crippen molar-refractivity contribution in [1.82, 2.24) is 25.1 Å². The van der Waals surface area contributed by atoms with Crippen LogP contribution in [0.1, 0.15) is 6.92 Å². The molecule has 1 amide bonds. The molecule has 0 aliphatic carbocycles. The van der Waals surface area contributed by atoms with Gasteiger partial charge in [-0.25, -0.2) is 5.01 Å². The molecule has 1 N–H and O–H groups in total. The maximum atomic E-state index is 11.6. The van der Waals surface area contributed by atoms with E-state index in [9.17, 15) is 4.79 Å². The summed E-state index contributed by atoms with van der Waals surface area (Å²) in [6, 6.07) is 0. The molecule has 1 heterocycles. The Labute approximate surface area is 185 Å². The van der Waals surface area contributed by atoms with Gasteiger partial charge in [-0.3, -0.25) is 24.9 Å². The summed E-state index contributed by atoms with van der Waals surface area (Å²) in [6.07, 6.45) is 6.55. The summed E-state index contributed by atoms with van der Waals surface area (Å²) < 4.78 is 0. The average Bonchev–Trinajstić information content (AvgIpc) is 2.67. The third-order valence-corrected chi connectivity index (χ3v) is 6.76. The molecule has 166 valence electrons. The Balaban J connectivity index is 2.77. The fraction of sp³-hybridized carbons (Fsp3) is 0.947. The van der Waals surface area contributed by atoms with Crippen molar-refractivity contribution < 1.29 is 4.79 Å². The second-order valence-corrected chi connectivity index (χ2v) is 10.1. The van der Waals surface area contributed by atoms with Crippen molar-refractivity contribution in [3.63, 3.8) is 0 Å². The van der Waals surface area contributed by atoms with Gasteiger partial charge in [-0.1, -0.05) is 0 Å². The van der Waals surface area contributed by atoms with Crippen LogP contribution in [-0.2, 0) is 4.79 Å². The van der Waals surface area contributed by atoms with Gasteiger partial charge >= 0.3 is 0 Å². The number of thioether (sulfide) groups is 3. The first-order valence-electron chi connectivity index (χ1n) is 10.2. The predicted molar refractivity (Wildman–Crippen MR) is 130 cm³/mol. The van der Waals surface area contributed by atoms with E-state index in [1.54, 1.807) is 6.92 Å². The van der Waals surface area contributed by atoms with Crippen molar-refractivity contribution in [1.29, 1.82) is 0 Å². The average molecular weight is 452 g/mol. The molecule has 0 aromatic carbocycles. The molecule has 1 aliphatic heterocycles. The molecule has 0 spiro atoms. The molecule has 1 rings (SSSR count). The highest BCUT2D eigenvalue weighted by Crippen LogP contribution is 2.04. The lowest BCUT2D eigenvalue weighted by Crippen LogP contribution is -2.51. The van der Waals surface area contributed by atoms with Crippen LogP contribution in [0.15, 0.2) is 0 Å². The molecule has 6 nitrogen and oxygen atoms in total. The van der Waals surface area contributed by atoms with Crippen molar-refractivity contribution in [3.8, 4) is 0 Å². The Hall–Kier alpha value is 0.360. The SMILES string of the molecule is CSCCN1CCN(CCSC)CCN(NC(C)=O)CCN(CCSC)CC1. The van der Waals surface area contributed by atoms with Gasteiger partial charge < -0.3 is 0 Å². The van der Waals surface area contributed by atoms with Crippen molar-refractivity contribution in [2.45, 2.75) is 6.92 Å². The van der Waals surface area contributed by atoms with Crippen LogP contribution in [0.2, 0.25) is 0 Å². The Kier molecular flexibility index (Phi) is 16.1. The molecule has 0 atom stereocenters. The van der Waals surface area contributed by atoms with Gasteiger partial charge in [0.25, 0.3) is 0 Å². The van der Waals surface area contributed by atoms with Crippen LogP contribution in [-0.4, -0.2) is 134 Å².